The molecule has 2 aromatic rings. The normalized spacial score (nSPS) is 22.7. The molecule has 1 aliphatic carbocycles. The second kappa shape index (κ2) is 15.0. The van der Waals surface area contributed by atoms with Gasteiger partial charge in [-0.15, -0.1) is 12.4 Å². The highest BCUT2D eigenvalue weighted by molar-refractivity contribution is 5.94. The number of carbonyl (C=O) groups excluding carboxylic acids is 3. The molecule has 4 atom stereocenters. The van der Waals surface area contributed by atoms with Crippen LogP contribution in [0.5, 0.6) is 0 Å². The summed E-state index contributed by atoms with van der Waals surface area (Å²) < 4.78 is 0. The van der Waals surface area contributed by atoms with Crippen molar-refractivity contribution in [1.29, 1.82) is 0 Å². The molecule has 0 bridgehead atoms. The zero-order valence-corrected chi connectivity index (χ0v) is 25.7. The van der Waals surface area contributed by atoms with Gasteiger partial charge in [0.05, 0.1) is 12.1 Å². The zero-order valence-electron chi connectivity index (χ0n) is 24.9. The van der Waals surface area contributed by atoms with Crippen molar-refractivity contribution in [2.24, 2.45) is 5.92 Å². The van der Waals surface area contributed by atoms with Crippen LogP contribution < -0.4 is 10.6 Å². The molecule has 2 heterocycles. The fraction of sp³-hybridized carbons (Fsp3) is 0.545. The summed E-state index contributed by atoms with van der Waals surface area (Å²) in [5.41, 5.74) is 2.47. The molecule has 1 saturated carbocycles. The van der Waals surface area contributed by atoms with Crippen molar-refractivity contribution in [2.75, 3.05) is 33.2 Å². The molecule has 0 aromatic heterocycles. The van der Waals surface area contributed by atoms with Gasteiger partial charge in [-0.05, 0) is 56.7 Å². The first kappa shape index (κ1) is 32.0. The maximum Gasteiger partial charge on any atom is 0.247 e. The lowest BCUT2D eigenvalue weighted by Gasteiger charge is -2.46. The van der Waals surface area contributed by atoms with Crippen molar-refractivity contribution in [1.82, 2.24) is 25.3 Å². The molecule has 2 N–H and O–H groups in total. The zero-order chi connectivity index (χ0) is 28.8. The number of hydrogen-bond acceptors (Lipinski definition) is 5. The quantitative estimate of drug-likeness (QED) is 0.441. The lowest BCUT2D eigenvalue weighted by Crippen LogP contribution is -2.64. The van der Waals surface area contributed by atoms with Crippen LogP contribution in [-0.2, 0) is 27.2 Å². The summed E-state index contributed by atoms with van der Waals surface area (Å²) >= 11 is 0. The van der Waals surface area contributed by atoms with Gasteiger partial charge < -0.3 is 20.4 Å². The van der Waals surface area contributed by atoms with Gasteiger partial charge in [0.2, 0.25) is 17.7 Å². The van der Waals surface area contributed by atoms with Gasteiger partial charge in [0.1, 0.15) is 18.8 Å². The number of halogens is 1. The molecule has 2 saturated heterocycles. The van der Waals surface area contributed by atoms with Gasteiger partial charge in [0.25, 0.3) is 0 Å². The summed E-state index contributed by atoms with van der Waals surface area (Å²) in [5, 5.41) is 6.09. The molecule has 2 aliphatic heterocycles. The van der Waals surface area contributed by atoms with Crippen molar-refractivity contribution >= 4 is 30.1 Å². The topological polar surface area (TPSA) is 85.0 Å². The minimum atomic E-state index is -0.612. The van der Waals surface area contributed by atoms with E-state index in [1.165, 1.54) is 11.1 Å². The second-order valence-electron chi connectivity index (χ2n) is 12.0. The molecular formula is C33H46ClN5O3. The van der Waals surface area contributed by atoms with Gasteiger partial charge >= 0.3 is 0 Å². The average molecular weight is 596 g/mol. The lowest BCUT2D eigenvalue weighted by atomic mass is 9.83. The largest absolute Gasteiger partial charge is 0.343 e. The van der Waals surface area contributed by atoms with Crippen LogP contribution in [0.1, 0.15) is 50.2 Å². The van der Waals surface area contributed by atoms with Crippen LogP contribution >= 0.6 is 12.4 Å². The Hall–Kier alpha value is -2.94. The maximum absolute atomic E-state index is 14.3. The number of nitrogens with one attached hydrogen (secondary N) is 2. The van der Waals surface area contributed by atoms with E-state index in [0.717, 1.165) is 58.0 Å². The molecule has 0 radical (unpaired) electrons. The van der Waals surface area contributed by atoms with Crippen LogP contribution in [0.2, 0.25) is 0 Å². The summed E-state index contributed by atoms with van der Waals surface area (Å²) in [6.07, 6.45) is 6.44. The number of rotatable bonds is 10. The Labute approximate surface area is 256 Å². The van der Waals surface area contributed by atoms with E-state index in [-0.39, 0.29) is 54.8 Å². The van der Waals surface area contributed by atoms with Crippen LogP contribution in [-0.4, -0.2) is 89.9 Å². The third-order valence-electron chi connectivity index (χ3n) is 9.23. The van der Waals surface area contributed by atoms with E-state index in [1.54, 1.807) is 18.9 Å². The van der Waals surface area contributed by atoms with Crippen LogP contribution in [0, 0.1) is 5.92 Å². The number of carbonyl (C=O) groups is 3. The van der Waals surface area contributed by atoms with Crippen LogP contribution in [0.4, 0.5) is 0 Å². The molecule has 1 unspecified atom stereocenters. The Morgan fingerprint density at radius 3 is 2.21 bits per heavy atom. The fourth-order valence-corrected chi connectivity index (χ4v) is 6.80. The van der Waals surface area contributed by atoms with E-state index < -0.39 is 12.1 Å². The SMILES string of the molecule is CNC(C)C(=O)N[C@H](C(=O)N1CC(=O)N2[C@@H](Cc3ccccc3)CN(CCc3ccccc3)C[C@H]12)C1CCCCC1.Cl. The monoisotopic (exact) mass is 595 g/mol. The highest BCUT2D eigenvalue weighted by Crippen LogP contribution is 2.32. The van der Waals surface area contributed by atoms with Crippen LogP contribution in [0.3, 0.4) is 0 Å². The standard InChI is InChI=1S/C33H45N5O3.ClH/c1-24(34-2)32(40)35-31(27-16-10-5-11-17-27)33(41)37-23-30(39)38-28(20-26-14-8-4-9-15-26)21-36(22-29(37)38)19-18-25-12-6-3-7-13-25;/h3-4,6-9,12-15,24,27-29,31,34H,5,10-11,16-23H2,1-2H3,(H,35,40);1H/t24?,28-,29+,31-;/m0./s1. The van der Waals surface area contributed by atoms with Gasteiger partial charge in [-0.25, -0.2) is 0 Å². The Bertz CT molecular complexity index is 1180. The summed E-state index contributed by atoms with van der Waals surface area (Å²) in [6.45, 7) is 4.13. The predicted octanol–water partition coefficient (Wildman–Crippen LogP) is 3.25. The van der Waals surface area contributed by atoms with E-state index in [1.807, 2.05) is 29.2 Å². The minimum absolute atomic E-state index is 0. The minimum Gasteiger partial charge on any atom is -0.343 e. The molecule has 3 aliphatic rings. The molecule has 0 spiro atoms. The number of fused-ring (bicyclic) bond motifs is 1. The number of nitrogens with zero attached hydrogens (tertiary/aromatic N) is 3. The number of piperazine rings is 1. The Balaban J connectivity index is 0.00000405. The van der Waals surface area contributed by atoms with Crippen molar-refractivity contribution in [3.63, 3.8) is 0 Å². The first-order valence-corrected chi connectivity index (χ1v) is 15.3. The highest BCUT2D eigenvalue weighted by atomic mass is 35.5. The molecule has 5 rings (SSSR count). The second-order valence-corrected chi connectivity index (χ2v) is 12.0. The Kier molecular flexibility index (Phi) is 11.4. The Morgan fingerprint density at radius 2 is 1.57 bits per heavy atom. The van der Waals surface area contributed by atoms with Crippen LogP contribution in [0.25, 0.3) is 0 Å². The summed E-state index contributed by atoms with van der Waals surface area (Å²) in [5.74, 6) is -0.192. The van der Waals surface area contributed by atoms with Gasteiger partial charge in [-0.3, -0.25) is 19.3 Å². The third-order valence-corrected chi connectivity index (χ3v) is 9.23. The smallest absolute Gasteiger partial charge is 0.247 e. The van der Waals surface area contributed by atoms with Crippen molar-refractivity contribution in [3.8, 4) is 0 Å². The number of likely N-dealkylation sites (N-methyl/N-ethyl adjacent to an activating group) is 1. The van der Waals surface area contributed by atoms with E-state index in [9.17, 15) is 14.4 Å². The highest BCUT2D eigenvalue weighted by Gasteiger charge is 2.49. The van der Waals surface area contributed by atoms with Gasteiger partial charge in [0.15, 0.2) is 0 Å². The summed E-state index contributed by atoms with van der Waals surface area (Å²) in [4.78, 5) is 47.1. The number of hydrogen-bond donors (Lipinski definition) is 2. The van der Waals surface area contributed by atoms with Gasteiger partial charge in [-0.1, -0.05) is 79.9 Å². The molecule has 8 nitrogen and oxygen atoms in total. The summed E-state index contributed by atoms with van der Waals surface area (Å²) in [6, 6.07) is 19.7. The molecule has 3 fully saturated rings. The first-order valence-electron chi connectivity index (χ1n) is 15.3. The molecular weight excluding hydrogens is 550 g/mol. The summed E-state index contributed by atoms with van der Waals surface area (Å²) in [7, 11) is 1.75. The van der Waals surface area contributed by atoms with Crippen molar-refractivity contribution < 1.29 is 14.4 Å². The molecule has 228 valence electrons. The molecule has 2 aromatic carbocycles. The van der Waals surface area contributed by atoms with Crippen molar-refractivity contribution in [3.05, 3.63) is 71.8 Å². The maximum atomic E-state index is 14.3. The van der Waals surface area contributed by atoms with E-state index in [0.29, 0.717) is 6.54 Å². The van der Waals surface area contributed by atoms with Gasteiger partial charge in [-0.2, -0.15) is 0 Å². The fourth-order valence-electron chi connectivity index (χ4n) is 6.80. The van der Waals surface area contributed by atoms with E-state index in [4.69, 9.17) is 0 Å². The van der Waals surface area contributed by atoms with E-state index in [2.05, 4.69) is 51.9 Å². The number of amides is 3. The molecule has 9 heteroatoms. The third kappa shape index (κ3) is 7.52. The van der Waals surface area contributed by atoms with E-state index >= 15 is 0 Å². The predicted molar refractivity (Wildman–Crippen MR) is 167 cm³/mol. The lowest BCUT2D eigenvalue weighted by molar-refractivity contribution is -0.143. The first-order chi connectivity index (χ1) is 19.9. The molecule has 3 amide bonds. The van der Waals surface area contributed by atoms with Crippen molar-refractivity contribution in [2.45, 2.75) is 76.2 Å². The van der Waals surface area contributed by atoms with Crippen LogP contribution in [0.15, 0.2) is 60.7 Å². The Morgan fingerprint density at radius 1 is 0.929 bits per heavy atom. The average Bonchev–Trinajstić information content (AvgIpc) is 3.35. The number of benzene rings is 2. The van der Waals surface area contributed by atoms with Gasteiger partial charge in [0, 0.05) is 19.6 Å². The molecule has 42 heavy (non-hydrogen) atoms.